The smallest absolute Gasteiger partial charge is 0.397 e. The number of ether oxygens (including phenoxy) is 6. The topological polar surface area (TPSA) is 867 Å². The van der Waals surface area contributed by atoms with Crippen LogP contribution in [0.3, 0.4) is 0 Å². The molecule has 6 unspecified atom stereocenters. The SMILES string of the molecule is Nc1nc2c(ncn2[C@@H]2O[C@@H]3COP(O)(=S)O[C@H]4[C@@H](F)[C@H](n5cnc6c(N)ccnc65)O[C@@H]4COP(O)(=S)O[C@@H]2[C@@H]3O)c(=O)[nH]1.Nc1nc2c(ncn2[C@@H]2O[C@@H]3COP(O)(=S)O[C@H]4[C@H](F)[C@H](n5cnc6c(N)ccnc65)O[C@@H]4COP(=O)(O)O[C@@H]2[C@@H]3F)c(=O)[nH]1.[N-]=[N+]=N[C@H]1[C@H]2OP(=O)(O)OC[C@H]3O[C@@H](n4cnc5c(N)ccnc54)[C@H](O)[C@@H]3OP(=O)(O)OC[C@H]1O[C@H]2n1cnc2c(=O)[nH]c(N)nc21. The molecule has 12 aromatic rings. The van der Waals surface area contributed by atoms with Gasteiger partial charge in [0.15, 0.2) is 106 Å². The van der Waals surface area contributed by atoms with Gasteiger partial charge >= 0.3 is 43.6 Å². The van der Waals surface area contributed by atoms with Gasteiger partial charge in [0.05, 0.1) is 107 Å². The number of hydrogen-bond donors (Lipinski definition) is 17. The van der Waals surface area contributed by atoms with Gasteiger partial charge in [-0.3, -0.25) is 97.5 Å². The second kappa shape index (κ2) is 36.8. The highest BCUT2D eigenvalue weighted by Crippen LogP contribution is 2.60. The number of alkyl halides is 3. The van der Waals surface area contributed by atoms with Crippen molar-refractivity contribution in [3.63, 3.8) is 0 Å². The zero-order chi connectivity index (χ0) is 96.9. The van der Waals surface area contributed by atoms with Gasteiger partial charge in [0.25, 0.3) is 16.7 Å². The van der Waals surface area contributed by atoms with Crippen LogP contribution in [0.2, 0.25) is 0 Å². The molecule has 21 rings (SSSR count). The van der Waals surface area contributed by atoms with Crippen molar-refractivity contribution in [2.75, 3.05) is 74.0 Å². The fourth-order valence-corrected chi connectivity index (χ4v) is 23.3. The molecule has 0 aliphatic carbocycles. The molecule has 0 amide bonds. The number of rotatable bonds is 7. The summed E-state index contributed by atoms with van der Waals surface area (Å²) in [7, 11) is -15.4. The third-order valence-corrected chi connectivity index (χ3v) is 30.0. The average molecular weight is 2100 g/mol. The number of imidazole rings is 6. The predicted octanol–water partition coefficient (Wildman–Crippen LogP) is -0.611. The lowest BCUT2D eigenvalue weighted by Gasteiger charge is -2.27. The zero-order valence-electron chi connectivity index (χ0n) is 68.3. The average Bonchev–Trinajstić information content (AvgIpc) is 1.62. The molecule has 62 nitrogen and oxygen atoms in total. The van der Waals surface area contributed by atoms with Crippen molar-refractivity contribution in [3.8, 4) is 0 Å². The van der Waals surface area contributed by atoms with Gasteiger partial charge in [0.2, 0.25) is 17.8 Å². The molecule has 30 atom stereocenters. The molecular weight excluding hydrogens is 2030 g/mol. The van der Waals surface area contributed by atoms with Crippen LogP contribution in [0.15, 0.2) is 94.3 Å². The van der Waals surface area contributed by atoms with Crippen LogP contribution in [0.4, 0.5) is 48.1 Å². The van der Waals surface area contributed by atoms with Crippen LogP contribution >= 0.6 is 43.6 Å². The highest BCUT2D eigenvalue weighted by molar-refractivity contribution is 8.07. The number of anilines is 6. The molecule has 734 valence electrons. The number of aromatic nitrogens is 21. The maximum atomic E-state index is 16.0. The molecule has 9 fully saturated rings. The molecule has 21 heterocycles. The predicted molar refractivity (Wildman–Crippen MR) is 461 cm³/mol. The van der Waals surface area contributed by atoms with E-state index in [1.54, 1.807) is 0 Å². The third-order valence-electron chi connectivity index (χ3n) is 22.3. The number of halogens is 3. The lowest BCUT2D eigenvalue weighted by atomic mass is 10.1. The number of nitrogens with two attached hydrogens (primary N) is 6. The lowest BCUT2D eigenvalue weighted by Crippen LogP contribution is -2.36. The summed E-state index contributed by atoms with van der Waals surface area (Å²) >= 11 is 15.5. The van der Waals surface area contributed by atoms with E-state index in [1.807, 2.05) is 0 Å². The maximum Gasteiger partial charge on any atom is 0.472 e. The molecule has 74 heteroatoms. The molecule has 137 heavy (non-hydrogen) atoms. The molecule has 23 N–H and O–H groups in total. The van der Waals surface area contributed by atoms with E-state index in [4.69, 9.17) is 153 Å². The molecule has 9 saturated heterocycles. The number of pyridine rings is 3. The molecule has 0 aromatic carbocycles. The minimum Gasteiger partial charge on any atom is -0.397 e. The number of azide groups is 1. The van der Waals surface area contributed by atoms with Crippen LogP contribution in [-0.2, 0) is 132 Å². The van der Waals surface area contributed by atoms with E-state index in [9.17, 15) is 73.2 Å². The van der Waals surface area contributed by atoms with Gasteiger partial charge in [-0.1, -0.05) is 5.11 Å². The summed E-state index contributed by atoms with van der Waals surface area (Å²) in [6.45, 7) is -17.3. The van der Waals surface area contributed by atoms with Crippen LogP contribution in [0.1, 0.15) is 37.4 Å². The monoisotopic (exact) mass is 2100 g/mol. The highest BCUT2D eigenvalue weighted by Gasteiger charge is 2.59. The molecule has 0 spiro atoms. The third kappa shape index (κ3) is 18.7. The van der Waals surface area contributed by atoms with Gasteiger partial charge in [-0.05, 0) is 59.2 Å². The van der Waals surface area contributed by atoms with Crippen molar-refractivity contribution in [2.45, 2.75) is 147 Å². The van der Waals surface area contributed by atoms with Crippen LogP contribution in [0, 0.1) is 0 Å². The van der Waals surface area contributed by atoms with E-state index in [0.717, 1.165) is 21.8 Å². The fraction of sp³-hybridized carbons (Fsp3) is 0.476. The van der Waals surface area contributed by atoms with Crippen molar-refractivity contribution in [1.29, 1.82) is 0 Å². The van der Waals surface area contributed by atoms with Crippen LogP contribution in [-0.4, -0.2) is 291 Å². The van der Waals surface area contributed by atoms with E-state index in [-0.39, 0.29) is 90.7 Å². The number of phosphoric ester groups is 3. The lowest BCUT2D eigenvalue weighted by molar-refractivity contribution is -0.0670. The standard InChI is InChI=1S/C21H23F2N9O10P2S.C21H24FN9O10P2S2.C21H24N12O12P2/c22-10-8-3-38-44(36,45)42-14-9(40-19(11(14)23)31-5-27-12-7(24)1-2-26-16(12)31)4-37-43(34,35)41-15(10)20(39-8)32-6-28-13-17(32)29-21(25)30-18(13)33;22-10-14-9(39-19(10)30-5-26-11-7(23)1-2-25-16(11)30)4-37-43(35,45)41-15-13(32)8(3-36-42(34,44)40-14)38-20(15)31-6-27-12-17(31)28-21(24)29-18(12)33;22-7-1-2-25-16-10(7)26-5-32(16)19-13(34)14-9(43-19)4-41-47(38,39)45-15-11(30-31-24)8(3-40-46(36,37)44-14)42-20(15)33-6-27-12-17(33)28-21(23)29-18(12)35/h1-2,5-6,8-11,14-15,19-20H,3-4H2,(H2,24,26)(H,34,35)(H,36,45)(H3,25,29,30,33);1-2,5-6,8-10,13-15,19-20,32H,3-4H2,(H2,23,25)(H,34,44)(H,35,45)(H3,24,28,29,33);1-2,5-6,8-9,11,13-15,19-20,34H,3-4H2,(H2,22,25)(H,36,37)(H,38,39)(H3,23,28,29,35)/t8-,9-,10-,11+,14-,15-,19-,20-,44?;8-,9-,10-,13-,14-,15-,19-,20-,42?,43?;8-,9-,11-,13-,14-,15-,19-,20-/m111/s1. The Balaban J connectivity index is 0.000000132. The molecule has 9 aliphatic heterocycles. The van der Waals surface area contributed by atoms with Gasteiger partial charge in [0, 0.05) is 23.5 Å². The summed E-state index contributed by atoms with van der Waals surface area (Å²) in [6.07, 6.45) is -25.4. The second-order valence-corrected chi connectivity index (χ2v) is 43.5. The maximum absolute atomic E-state index is 16.0. The summed E-state index contributed by atoms with van der Waals surface area (Å²) in [6, 6.07) is 3.04. The molecule has 12 aromatic heterocycles. The first-order valence-corrected chi connectivity index (χ1v) is 51.8. The fourth-order valence-electron chi connectivity index (χ4n) is 16.2. The molecule has 0 radical (unpaired) electrons. The summed E-state index contributed by atoms with van der Waals surface area (Å²) in [5.74, 6) is -0.812. The molecular formula is C63H71F3N30O32P6S3. The Morgan fingerprint density at radius 2 is 0.679 bits per heavy atom. The second-order valence-electron chi connectivity index (χ2n) is 30.9. The number of aliphatic hydroxyl groups is 2. The minimum atomic E-state index is -5.17. The van der Waals surface area contributed by atoms with Crippen molar-refractivity contribution >= 4 is 181 Å². The quantitative estimate of drug-likeness (QED) is 0.0409. The highest BCUT2D eigenvalue weighted by atomic mass is 32.5. The van der Waals surface area contributed by atoms with Gasteiger partial charge in [-0.2, -0.15) is 15.0 Å². The summed E-state index contributed by atoms with van der Waals surface area (Å²) in [4.78, 5) is 161. The first-order chi connectivity index (χ1) is 65.0. The number of H-pyrrole nitrogens is 3. The number of nitrogen functional groups attached to an aromatic ring is 6. The Bertz CT molecular complexity index is 7020. The van der Waals surface area contributed by atoms with Gasteiger partial charge < -0.3 is 116 Å². The van der Waals surface area contributed by atoms with E-state index in [0.29, 0.717) is 11.2 Å². The van der Waals surface area contributed by atoms with Crippen LogP contribution < -0.4 is 51.1 Å². The number of fused-ring (bicyclic) bond motifs is 15. The number of aromatic amines is 3. The van der Waals surface area contributed by atoms with E-state index in [2.05, 4.69) is 84.8 Å². The van der Waals surface area contributed by atoms with Crippen molar-refractivity contribution in [1.82, 2.24) is 102 Å². The summed E-state index contributed by atoms with van der Waals surface area (Å²) in [5.41, 5.74) is 43.6. The molecule has 9 aliphatic rings. The Labute approximate surface area is 771 Å². The Morgan fingerprint density at radius 3 is 1.10 bits per heavy atom. The largest absolute Gasteiger partial charge is 0.472 e. The van der Waals surface area contributed by atoms with E-state index < -0.39 is 247 Å². The minimum absolute atomic E-state index is 0.0296. The Hall–Kier alpha value is -9.59. The van der Waals surface area contributed by atoms with Gasteiger partial charge in [-0.15, -0.1) is 0 Å². The van der Waals surface area contributed by atoms with Crippen molar-refractivity contribution in [3.05, 3.63) is 116 Å². The Morgan fingerprint density at radius 1 is 0.372 bits per heavy atom. The van der Waals surface area contributed by atoms with E-state index >= 15 is 13.2 Å². The number of phosphoric acid groups is 3. The van der Waals surface area contributed by atoms with Crippen LogP contribution in [0.25, 0.3) is 77.4 Å². The summed E-state index contributed by atoms with van der Waals surface area (Å²) < 4.78 is 195. The van der Waals surface area contributed by atoms with Crippen molar-refractivity contribution in [2.24, 2.45) is 5.11 Å². The van der Waals surface area contributed by atoms with Crippen molar-refractivity contribution < 1.29 is 149 Å². The zero-order valence-corrected chi connectivity index (χ0v) is 76.1. The number of hydrogen-bond acceptors (Lipinski definition) is 48. The van der Waals surface area contributed by atoms with Gasteiger partial charge in [-0.25, -0.2) is 71.7 Å². The molecule has 0 saturated carbocycles. The first-order valence-electron chi connectivity index (χ1n) is 39.6. The van der Waals surface area contributed by atoms with E-state index in [1.165, 1.54) is 80.4 Å². The number of nitrogens with one attached hydrogen (secondary N) is 3. The number of nitrogens with zero attached hydrogens (tertiary/aromatic N) is 21. The van der Waals surface area contributed by atoms with Crippen LogP contribution in [0.5, 0.6) is 0 Å². The normalized spacial score (nSPS) is 37.2. The molecule has 6 bridgehead atoms. The summed E-state index contributed by atoms with van der Waals surface area (Å²) in [5, 5.41) is 25.9. The number of aliphatic hydroxyl groups excluding tert-OH is 2. The first kappa shape index (κ1) is 96.3. The Kier molecular flexibility index (Phi) is 25.9. The van der Waals surface area contributed by atoms with Gasteiger partial charge in [0.1, 0.15) is 95.9 Å².